The highest BCUT2D eigenvalue weighted by atomic mass is 32.2. The number of fused-ring (bicyclic) bond motifs is 1. The summed E-state index contributed by atoms with van der Waals surface area (Å²) in [7, 11) is 0. The number of thioether (sulfide) groups is 1. The highest BCUT2D eigenvalue weighted by molar-refractivity contribution is 7.98. The van der Waals surface area contributed by atoms with Crippen molar-refractivity contribution in [1.29, 1.82) is 0 Å². The second kappa shape index (κ2) is 12.9. The number of hydrogen-bond donors (Lipinski definition) is 3. The molecular weight excluding hydrogens is 602 g/mol. The zero-order chi connectivity index (χ0) is 32.7. The van der Waals surface area contributed by atoms with Crippen LogP contribution in [0.3, 0.4) is 0 Å². The van der Waals surface area contributed by atoms with Gasteiger partial charge >= 0.3 is 0 Å². The van der Waals surface area contributed by atoms with Crippen molar-refractivity contribution in [2.45, 2.75) is 95.8 Å². The molecule has 46 heavy (non-hydrogen) atoms. The van der Waals surface area contributed by atoms with Gasteiger partial charge in [0, 0.05) is 83.1 Å². The van der Waals surface area contributed by atoms with Crippen LogP contribution in [-0.4, -0.2) is 59.3 Å². The van der Waals surface area contributed by atoms with Gasteiger partial charge in [0.15, 0.2) is 11.5 Å². The Kier molecular flexibility index (Phi) is 9.11. The summed E-state index contributed by atoms with van der Waals surface area (Å²) >= 11 is 1.48. The molecule has 1 aliphatic carbocycles. The van der Waals surface area contributed by atoms with Gasteiger partial charge < -0.3 is 35.1 Å². The first kappa shape index (κ1) is 32.4. The number of H-pyrrole nitrogens is 1. The fraction of sp³-hybridized carbons (Fsp3) is 0.514. The number of ether oxygens (including phenoxy) is 3. The van der Waals surface area contributed by atoms with Gasteiger partial charge in [-0.3, -0.25) is 9.59 Å². The van der Waals surface area contributed by atoms with Gasteiger partial charge in [-0.15, -0.1) is 11.8 Å². The minimum atomic E-state index is -0.882. The first-order chi connectivity index (χ1) is 22.0. The molecule has 246 valence electrons. The number of benzene rings is 1. The Balaban J connectivity index is 1.35. The summed E-state index contributed by atoms with van der Waals surface area (Å²) in [6.45, 7) is 11.5. The summed E-state index contributed by atoms with van der Waals surface area (Å²) in [6.07, 6.45) is 7.64. The minimum absolute atomic E-state index is 0.0977. The van der Waals surface area contributed by atoms with E-state index in [4.69, 9.17) is 24.9 Å². The highest BCUT2D eigenvalue weighted by Crippen LogP contribution is 2.52. The van der Waals surface area contributed by atoms with Crippen LogP contribution in [0.1, 0.15) is 73.6 Å². The Hall–Kier alpha value is -3.54. The van der Waals surface area contributed by atoms with Crippen LogP contribution in [0.15, 0.2) is 40.2 Å². The van der Waals surface area contributed by atoms with Crippen molar-refractivity contribution in [2.75, 3.05) is 24.2 Å². The van der Waals surface area contributed by atoms with E-state index in [0.29, 0.717) is 28.2 Å². The Labute approximate surface area is 274 Å². The molecule has 3 atom stereocenters. The Bertz CT molecular complexity index is 1660. The molecule has 3 aliphatic rings. The van der Waals surface area contributed by atoms with Crippen molar-refractivity contribution in [3.8, 4) is 22.6 Å². The fourth-order valence-electron chi connectivity index (χ4n) is 7.04. The molecule has 0 radical (unpaired) electrons. The predicted molar refractivity (Wildman–Crippen MR) is 181 cm³/mol. The van der Waals surface area contributed by atoms with Gasteiger partial charge in [0.2, 0.25) is 0 Å². The predicted octanol–water partition coefficient (Wildman–Crippen LogP) is 5.32. The van der Waals surface area contributed by atoms with Gasteiger partial charge in [-0.1, -0.05) is 0 Å². The van der Waals surface area contributed by atoms with Gasteiger partial charge in [0.25, 0.3) is 17.3 Å². The van der Waals surface area contributed by atoms with Crippen molar-refractivity contribution in [3.05, 3.63) is 63.2 Å². The summed E-state index contributed by atoms with van der Waals surface area (Å²) in [5.74, 6) is 1.05. The van der Waals surface area contributed by atoms with Crippen LogP contribution < -0.4 is 31.0 Å². The lowest BCUT2D eigenvalue weighted by atomic mass is 9.81. The lowest BCUT2D eigenvalue weighted by molar-refractivity contribution is -0.120. The van der Waals surface area contributed by atoms with Crippen molar-refractivity contribution in [3.63, 3.8) is 0 Å². The number of morpholine rings is 1. The largest absolute Gasteiger partial charge is 0.448 e. The standard InChI is InChI=1S/C35H45N5O5S/c1-19-13-29(46-6)28(34(42)39-19)16-38-33(41)26-14-27(23-7-12-30(37-15-23)40-17-20(2)43-21(3)18-40)32-31(22(26)4)44-35(5,45-32)24-8-10-25(36)11-9-24/h7,12-15,20-21,24-25H,8-11,16-18,36H2,1-6H3,(H,38,41)(H,39,42). The molecule has 0 spiro atoms. The molecule has 1 saturated carbocycles. The molecule has 3 unspecified atom stereocenters. The summed E-state index contributed by atoms with van der Waals surface area (Å²) < 4.78 is 19.3. The van der Waals surface area contributed by atoms with E-state index in [9.17, 15) is 9.59 Å². The molecule has 11 heteroatoms. The van der Waals surface area contributed by atoms with E-state index in [0.717, 1.165) is 66.3 Å². The third kappa shape index (κ3) is 6.37. The maximum Gasteiger partial charge on any atom is 0.254 e. The molecule has 10 nitrogen and oxygen atoms in total. The summed E-state index contributed by atoms with van der Waals surface area (Å²) in [5, 5.41) is 2.99. The maximum atomic E-state index is 13.8. The number of carbonyl (C=O) groups is 1. The van der Waals surface area contributed by atoms with E-state index < -0.39 is 5.79 Å². The Morgan fingerprint density at radius 3 is 2.46 bits per heavy atom. The monoisotopic (exact) mass is 647 g/mol. The lowest BCUT2D eigenvalue weighted by Gasteiger charge is -2.36. The van der Waals surface area contributed by atoms with Crippen LogP contribution >= 0.6 is 11.8 Å². The first-order valence-corrected chi connectivity index (χ1v) is 17.4. The smallest absolute Gasteiger partial charge is 0.254 e. The quantitative estimate of drug-likeness (QED) is 0.292. The van der Waals surface area contributed by atoms with Crippen LogP contribution in [0.4, 0.5) is 5.82 Å². The molecule has 1 saturated heterocycles. The zero-order valence-corrected chi connectivity index (χ0v) is 28.4. The number of nitrogens with zero attached hydrogens (tertiary/aromatic N) is 2. The van der Waals surface area contributed by atoms with Gasteiger partial charge in [0.1, 0.15) is 5.82 Å². The lowest BCUT2D eigenvalue weighted by Crippen LogP contribution is -2.46. The van der Waals surface area contributed by atoms with Crippen LogP contribution in [0, 0.1) is 19.8 Å². The van der Waals surface area contributed by atoms with E-state index in [2.05, 4.69) is 29.0 Å². The molecule has 2 aromatic heterocycles. The van der Waals surface area contributed by atoms with Gasteiger partial charge in [0.05, 0.1) is 12.2 Å². The Morgan fingerprint density at radius 1 is 1.11 bits per heavy atom. The SMILES string of the molecule is CSc1cc(C)[nH]c(=O)c1CNC(=O)c1cc(-c2ccc(N3CC(C)OC(C)C3)nc2)c2c(c1C)OC(C)(C1CCC(N)CC1)O2. The van der Waals surface area contributed by atoms with Crippen molar-refractivity contribution in [2.24, 2.45) is 11.7 Å². The number of aromatic amines is 1. The number of carbonyl (C=O) groups excluding carboxylic acids is 1. The molecule has 3 aromatic rings. The summed E-state index contributed by atoms with van der Waals surface area (Å²) in [4.78, 5) is 37.4. The highest BCUT2D eigenvalue weighted by Gasteiger charge is 2.47. The summed E-state index contributed by atoms with van der Waals surface area (Å²) in [6, 6.07) is 8.02. The average Bonchev–Trinajstić information content (AvgIpc) is 3.39. The van der Waals surface area contributed by atoms with Gasteiger partial charge in [-0.2, -0.15) is 0 Å². The van der Waals surface area contributed by atoms with Crippen molar-refractivity contribution < 1.29 is 19.0 Å². The normalized spacial score (nSPS) is 25.8. The van der Waals surface area contributed by atoms with Crippen LogP contribution in [0.5, 0.6) is 11.5 Å². The molecule has 2 aliphatic heterocycles. The van der Waals surface area contributed by atoms with E-state index in [1.807, 2.05) is 57.5 Å². The van der Waals surface area contributed by atoms with Crippen LogP contribution in [0.2, 0.25) is 0 Å². The molecule has 4 N–H and O–H groups in total. The fourth-order valence-corrected chi connectivity index (χ4v) is 7.75. The number of pyridine rings is 2. The molecule has 4 heterocycles. The first-order valence-electron chi connectivity index (χ1n) is 16.2. The number of aryl methyl sites for hydroxylation is 1. The molecular formula is C35H45N5O5S. The maximum absolute atomic E-state index is 13.8. The van der Waals surface area contributed by atoms with E-state index in [1.54, 1.807) is 0 Å². The number of nitrogens with one attached hydrogen (secondary N) is 2. The minimum Gasteiger partial charge on any atom is -0.448 e. The number of aromatic nitrogens is 2. The topological polar surface area (TPSA) is 132 Å². The van der Waals surface area contributed by atoms with Gasteiger partial charge in [-0.25, -0.2) is 4.98 Å². The number of hydrogen-bond acceptors (Lipinski definition) is 9. The van der Waals surface area contributed by atoms with Gasteiger partial charge in [-0.05, 0) is 83.9 Å². The zero-order valence-electron chi connectivity index (χ0n) is 27.6. The third-order valence-corrected chi connectivity index (χ3v) is 10.3. The third-order valence-electron chi connectivity index (χ3n) is 9.53. The second-order valence-corrected chi connectivity index (χ2v) is 14.0. The second-order valence-electron chi connectivity index (χ2n) is 13.2. The molecule has 1 aromatic carbocycles. The number of anilines is 1. The van der Waals surface area contributed by atoms with Crippen LogP contribution in [-0.2, 0) is 11.3 Å². The van der Waals surface area contributed by atoms with Crippen LogP contribution in [0.25, 0.3) is 11.1 Å². The summed E-state index contributed by atoms with van der Waals surface area (Å²) in [5.41, 5.74) is 10.0. The molecule has 6 rings (SSSR count). The van der Waals surface area contributed by atoms with E-state index >= 15 is 0 Å². The average molecular weight is 648 g/mol. The molecule has 2 fully saturated rings. The van der Waals surface area contributed by atoms with Crippen molar-refractivity contribution >= 4 is 23.5 Å². The van der Waals surface area contributed by atoms with E-state index in [1.165, 1.54) is 11.8 Å². The molecule has 0 bridgehead atoms. The van der Waals surface area contributed by atoms with Crippen molar-refractivity contribution in [1.82, 2.24) is 15.3 Å². The number of nitrogens with two attached hydrogens (primary N) is 1. The Morgan fingerprint density at radius 2 is 1.80 bits per heavy atom. The van der Waals surface area contributed by atoms with E-state index in [-0.39, 0.29) is 42.2 Å². The number of amides is 1. The number of rotatable bonds is 7. The molecule has 1 amide bonds.